The molecule has 4 rings (SSSR count). The number of hydrogen-bond acceptors (Lipinski definition) is 14. The van der Waals surface area contributed by atoms with Crippen LogP contribution in [0.25, 0.3) is 0 Å². The monoisotopic (exact) mass is 640 g/mol. The maximum Gasteiger partial charge on any atom is 0.418 e. The van der Waals surface area contributed by atoms with Gasteiger partial charge in [-0.15, -0.1) is 15.6 Å². The lowest BCUT2D eigenvalue weighted by Crippen LogP contribution is -2.76. The van der Waals surface area contributed by atoms with Crippen molar-refractivity contribution in [1.82, 2.24) is 20.7 Å². The molecule has 18 nitrogen and oxygen atoms in total. The molecule has 0 spiro atoms. The minimum Gasteiger partial charge on any atom is -0.489 e. The first-order valence-electron chi connectivity index (χ1n) is 12.4. The third kappa shape index (κ3) is 7.53. The standard InChI is InChI=1S/C23H28N8O10S2/c1-23(2)17(20(33)31(23)41-43(36,37)38)29-19(32)16(14-9-42-22(26)28-14)30-40-15(21(34)35)8-39-11-5-3-10(4-6-11)18(25)27-13-7-12(13)24/h3-6,9,12-13,15,17H,7-8,24H2,1-2H3,(H2,25,27)(H2,26,28)(H,29,32)(H,34,35)(H,36,37,38)/b30-16-/t12-,13-,15-,17+/m0/s1. The normalized spacial score (nSPS) is 21.8. The van der Waals surface area contributed by atoms with Gasteiger partial charge in [0.2, 0.25) is 0 Å². The fraction of sp³-hybridized carbons (Fsp3) is 0.391. The van der Waals surface area contributed by atoms with Crippen LogP contribution in [-0.4, -0.2) is 93.8 Å². The van der Waals surface area contributed by atoms with Crippen LogP contribution in [0.4, 0.5) is 5.13 Å². The van der Waals surface area contributed by atoms with E-state index in [1.165, 1.54) is 31.4 Å². The number of carboxylic acids is 1. The number of ether oxygens (including phenoxy) is 1. The number of hydroxylamine groups is 2. The highest BCUT2D eigenvalue weighted by molar-refractivity contribution is 7.80. The third-order valence-electron chi connectivity index (χ3n) is 6.36. The molecule has 0 unspecified atom stereocenters. The lowest BCUT2D eigenvalue weighted by atomic mass is 9.84. The molecule has 1 aliphatic carbocycles. The summed E-state index contributed by atoms with van der Waals surface area (Å²) in [7, 11) is -5.02. The molecular formula is C23H28N8O10S2. The number of hydrogen-bond donors (Lipinski definition) is 7. The maximum atomic E-state index is 13.1. The average molecular weight is 641 g/mol. The maximum absolute atomic E-state index is 13.1. The number of rotatable bonds is 13. The molecule has 2 aliphatic rings. The number of amides is 2. The summed E-state index contributed by atoms with van der Waals surface area (Å²) >= 11 is 0.948. The van der Waals surface area contributed by atoms with E-state index in [0.717, 1.165) is 17.8 Å². The van der Waals surface area contributed by atoms with Gasteiger partial charge in [0, 0.05) is 23.0 Å². The molecule has 1 saturated carbocycles. The SMILES string of the molecule is CC1(C)[C@H](NC(=O)/C(=N\O[C@@H](COc2ccc(C(=N)N[C@H]3C[C@@H]3N)cc2)C(=O)O)c2csc(N)n2)C(=O)N1OS(=O)(=O)O. The molecule has 1 aliphatic heterocycles. The Balaban J connectivity index is 1.43. The first-order valence-corrected chi connectivity index (χ1v) is 14.6. The summed E-state index contributed by atoms with van der Waals surface area (Å²) < 4.78 is 40.8. The predicted octanol–water partition coefficient (Wildman–Crippen LogP) is -1.17. The van der Waals surface area contributed by atoms with E-state index in [-0.39, 0.29) is 34.5 Å². The molecule has 4 atom stereocenters. The summed E-state index contributed by atoms with van der Waals surface area (Å²) in [5, 5.41) is 28.5. The van der Waals surface area contributed by atoms with Gasteiger partial charge in [0.15, 0.2) is 10.8 Å². The van der Waals surface area contributed by atoms with Crippen molar-refractivity contribution in [3.8, 4) is 5.75 Å². The lowest BCUT2D eigenvalue weighted by molar-refractivity contribution is -0.218. The van der Waals surface area contributed by atoms with Crippen molar-refractivity contribution in [3.63, 3.8) is 0 Å². The van der Waals surface area contributed by atoms with Crippen molar-refractivity contribution >= 4 is 56.2 Å². The zero-order chi connectivity index (χ0) is 31.7. The smallest absolute Gasteiger partial charge is 0.418 e. The molecule has 9 N–H and O–H groups in total. The molecule has 1 aromatic carbocycles. The van der Waals surface area contributed by atoms with Gasteiger partial charge < -0.3 is 36.8 Å². The molecule has 2 heterocycles. The first kappa shape index (κ1) is 31.6. The quantitative estimate of drug-likeness (QED) is 0.0447. The van der Waals surface area contributed by atoms with Crippen LogP contribution in [0.15, 0.2) is 34.8 Å². The number of oxime groups is 1. The number of β-lactam (4-membered cyclic amide) rings is 1. The van der Waals surface area contributed by atoms with Crippen LogP contribution < -0.4 is 26.8 Å². The number of carbonyl (C=O) groups excluding carboxylic acids is 2. The summed E-state index contributed by atoms with van der Waals surface area (Å²) in [6.07, 6.45) is -0.918. The number of carboxylic acid groups (broad SMARTS) is 1. The van der Waals surface area contributed by atoms with Crippen LogP contribution in [0.2, 0.25) is 0 Å². The van der Waals surface area contributed by atoms with Crippen LogP contribution in [0.5, 0.6) is 5.75 Å². The average Bonchev–Trinajstić information content (AvgIpc) is 3.45. The molecule has 232 valence electrons. The first-order chi connectivity index (χ1) is 20.1. The molecule has 0 bridgehead atoms. The number of carbonyl (C=O) groups is 3. The molecule has 2 amide bonds. The van der Waals surface area contributed by atoms with Crippen LogP contribution in [-0.2, 0) is 33.9 Å². The number of nitrogen functional groups attached to an aromatic ring is 1. The van der Waals surface area contributed by atoms with Gasteiger partial charge in [-0.25, -0.2) is 9.78 Å². The number of thiazole rings is 1. The topological polar surface area (TPSA) is 282 Å². The van der Waals surface area contributed by atoms with Crippen LogP contribution >= 0.6 is 11.3 Å². The second-order valence-electron chi connectivity index (χ2n) is 10.00. The van der Waals surface area contributed by atoms with Gasteiger partial charge >= 0.3 is 16.4 Å². The van der Waals surface area contributed by atoms with Gasteiger partial charge in [0.05, 0.1) is 5.54 Å². The van der Waals surface area contributed by atoms with E-state index in [0.29, 0.717) is 10.6 Å². The molecule has 1 saturated heterocycles. The number of nitrogens with zero attached hydrogens (tertiary/aromatic N) is 3. The Hall–Kier alpha value is -4.37. The largest absolute Gasteiger partial charge is 0.489 e. The van der Waals surface area contributed by atoms with E-state index < -0.39 is 58.2 Å². The zero-order valence-electron chi connectivity index (χ0n) is 22.6. The van der Waals surface area contributed by atoms with Crippen molar-refractivity contribution < 1.29 is 46.3 Å². The number of aliphatic carboxylic acids is 1. The van der Waals surface area contributed by atoms with E-state index in [4.69, 9.17) is 31.0 Å². The minimum atomic E-state index is -5.02. The van der Waals surface area contributed by atoms with Crippen molar-refractivity contribution in [2.45, 2.75) is 50.0 Å². The van der Waals surface area contributed by atoms with E-state index in [1.807, 2.05) is 0 Å². The number of anilines is 1. The predicted molar refractivity (Wildman–Crippen MR) is 149 cm³/mol. The molecular weight excluding hydrogens is 612 g/mol. The van der Waals surface area contributed by atoms with Crippen LogP contribution in [0, 0.1) is 5.41 Å². The Labute approximate surface area is 248 Å². The molecule has 43 heavy (non-hydrogen) atoms. The fourth-order valence-corrected chi connectivity index (χ4v) is 4.82. The van der Waals surface area contributed by atoms with Crippen molar-refractivity contribution in [3.05, 3.63) is 40.9 Å². The summed E-state index contributed by atoms with van der Waals surface area (Å²) in [6.45, 7) is 2.17. The number of nitrogens with one attached hydrogen (secondary N) is 3. The number of benzene rings is 1. The molecule has 2 aromatic rings. The minimum absolute atomic E-state index is 0.0172. The van der Waals surface area contributed by atoms with Gasteiger partial charge in [0.1, 0.15) is 29.9 Å². The van der Waals surface area contributed by atoms with Crippen LogP contribution in [0.3, 0.4) is 0 Å². The van der Waals surface area contributed by atoms with Gasteiger partial charge in [-0.05, 0) is 44.5 Å². The number of aromatic nitrogens is 1. The summed E-state index contributed by atoms with van der Waals surface area (Å²) in [6, 6.07) is 5.01. The molecule has 1 aromatic heterocycles. The third-order valence-corrected chi connectivity index (χ3v) is 7.37. The number of amidine groups is 1. The Kier molecular flexibility index (Phi) is 8.87. The van der Waals surface area contributed by atoms with E-state index >= 15 is 0 Å². The van der Waals surface area contributed by atoms with E-state index in [1.54, 1.807) is 12.1 Å². The zero-order valence-corrected chi connectivity index (χ0v) is 24.2. The second kappa shape index (κ2) is 12.1. The van der Waals surface area contributed by atoms with Crippen LogP contribution in [0.1, 0.15) is 31.5 Å². The van der Waals surface area contributed by atoms with Gasteiger partial charge in [-0.1, -0.05) is 5.16 Å². The van der Waals surface area contributed by atoms with E-state index in [9.17, 15) is 27.9 Å². The van der Waals surface area contributed by atoms with Gasteiger partial charge in [-0.3, -0.25) is 19.6 Å². The summed E-state index contributed by atoms with van der Waals surface area (Å²) in [5.41, 5.74) is 9.91. The van der Waals surface area contributed by atoms with Crippen molar-refractivity contribution in [2.24, 2.45) is 10.9 Å². The molecule has 0 radical (unpaired) electrons. The molecule has 2 fully saturated rings. The summed E-state index contributed by atoms with van der Waals surface area (Å²) in [4.78, 5) is 46.5. The Morgan fingerprint density at radius 3 is 2.47 bits per heavy atom. The van der Waals surface area contributed by atoms with Crippen molar-refractivity contribution in [1.29, 1.82) is 5.41 Å². The Bertz CT molecular complexity index is 1560. The molecule has 20 heteroatoms. The van der Waals surface area contributed by atoms with E-state index in [2.05, 4.69) is 25.1 Å². The highest BCUT2D eigenvalue weighted by Crippen LogP contribution is 2.33. The van der Waals surface area contributed by atoms with Crippen molar-refractivity contribution in [2.75, 3.05) is 12.3 Å². The van der Waals surface area contributed by atoms with Gasteiger partial charge in [-0.2, -0.15) is 13.5 Å². The summed E-state index contributed by atoms with van der Waals surface area (Å²) in [5.74, 6) is -3.06. The Morgan fingerprint density at radius 2 is 1.95 bits per heavy atom. The van der Waals surface area contributed by atoms with Gasteiger partial charge in [0.25, 0.3) is 17.9 Å². The lowest BCUT2D eigenvalue weighted by Gasteiger charge is -2.50. The Morgan fingerprint density at radius 1 is 1.30 bits per heavy atom. The number of nitrogens with two attached hydrogens (primary N) is 2. The fourth-order valence-electron chi connectivity index (χ4n) is 3.82. The highest BCUT2D eigenvalue weighted by Gasteiger charge is 2.58. The highest BCUT2D eigenvalue weighted by atomic mass is 32.3. The second-order valence-corrected chi connectivity index (χ2v) is 11.9.